The van der Waals surface area contributed by atoms with Gasteiger partial charge in [-0.1, -0.05) is 60.3 Å². The van der Waals surface area contributed by atoms with Crippen molar-refractivity contribution in [1.82, 2.24) is 0 Å². The van der Waals surface area contributed by atoms with Gasteiger partial charge in [0, 0.05) is 33.1 Å². The molecule has 0 bridgehead atoms. The molecular formula is C46H28F2N4OS. The molecule has 2 aliphatic rings. The number of hydrogen-bond donors (Lipinski definition) is 0. The number of hydrogen-bond acceptors (Lipinski definition) is 6. The highest BCUT2D eigenvalue weighted by Gasteiger charge is 2.36. The van der Waals surface area contributed by atoms with Crippen molar-refractivity contribution < 1.29 is 13.5 Å². The van der Waals surface area contributed by atoms with E-state index in [0.29, 0.717) is 50.9 Å². The lowest BCUT2D eigenvalue weighted by Gasteiger charge is -2.41. The van der Waals surface area contributed by atoms with Gasteiger partial charge in [-0.15, -0.1) is 0 Å². The lowest BCUT2D eigenvalue weighted by molar-refractivity contribution is 0.472. The van der Waals surface area contributed by atoms with Gasteiger partial charge < -0.3 is 14.5 Å². The summed E-state index contributed by atoms with van der Waals surface area (Å²) in [5, 5.41) is 20.0. The Morgan fingerprint density at radius 3 is 1.44 bits per heavy atom. The molecule has 0 atom stereocenters. The van der Waals surface area contributed by atoms with Crippen molar-refractivity contribution in [2.24, 2.45) is 0 Å². The molecule has 7 aromatic rings. The van der Waals surface area contributed by atoms with E-state index >= 15 is 8.78 Å². The molecule has 0 amide bonds. The molecular weight excluding hydrogens is 695 g/mol. The van der Waals surface area contributed by atoms with E-state index in [2.05, 4.69) is 67.3 Å². The van der Waals surface area contributed by atoms with Crippen molar-refractivity contribution in [3.05, 3.63) is 167 Å². The fourth-order valence-corrected chi connectivity index (χ4v) is 8.52. The van der Waals surface area contributed by atoms with Gasteiger partial charge >= 0.3 is 0 Å². The molecule has 8 heteroatoms. The van der Waals surface area contributed by atoms with Crippen LogP contribution in [0.3, 0.4) is 0 Å². The summed E-state index contributed by atoms with van der Waals surface area (Å²) < 4.78 is 37.3. The van der Waals surface area contributed by atoms with Crippen LogP contribution < -0.4 is 14.5 Å². The average Bonchev–Trinajstić information content (AvgIpc) is 3.18. The Balaban J connectivity index is 1.50. The number of ether oxygens (including phenoxy) is 1. The molecule has 258 valence electrons. The van der Waals surface area contributed by atoms with Gasteiger partial charge in [0.1, 0.15) is 11.6 Å². The number of nitriles is 2. The van der Waals surface area contributed by atoms with Gasteiger partial charge in [-0.3, -0.25) is 0 Å². The molecule has 0 unspecified atom stereocenters. The van der Waals surface area contributed by atoms with Crippen LogP contribution in [0, 0.1) is 48.1 Å². The predicted molar refractivity (Wildman–Crippen MR) is 210 cm³/mol. The second kappa shape index (κ2) is 13.0. The zero-order valence-corrected chi connectivity index (χ0v) is 29.9. The van der Waals surface area contributed by atoms with Crippen molar-refractivity contribution >= 4 is 45.9 Å². The molecule has 9 rings (SSSR count). The third-order valence-corrected chi connectivity index (χ3v) is 10.8. The standard InChI is InChI=1S/C46H28F2N4OS/c1-27-9-15-37-43(19-27)54-44-20-28(2)10-16-38(44)51(37)45-35(31-7-3-5-29(21-31)25-49)13-14-36(32-8-4-6-30(22-32)26-50)46(45)52-39-23-33(47)11-17-41(39)53-42-18-12-34(48)24-40(42)52/h3-24H,1-2H3. The van der Waals surface area contributed by atoms with E-state index < -0.39 is 11.6 Å². The van der Waals surface area contributed by atoms with Crippen molar-refractivity contribution in [3.8, 4) is 45.9 Å². The minimum atomic E-state index is -0.495. The maximum absolute atomic E-state index is 15.5. The Labute approximate surface area is 315 Å². The Bertz CT molecular complexity index is 2680. The first-order chi connectivity index (χ1) is 26.3. The summed E-state index contributed by atoms with van der Waals surface area (Å²) in [6.45, 7) is 4.13. The predicted octanol–water partition coefficient (Wildman–Crippen LogP) is 13.2. The SMILES string of the molecule is Cc1ccc2c(c1)Sc1cc(C)ccc1N2c1c(-c2cccc(C#N)c2)ccc(-c2cccc(C#N)c2)c1N1c2cc(F)ccc2Oc2ccc(F)cc21. The van der Waals surface area contributed by atoms with Crippen LogP contribution in [0.4, 0.5) is 42.9 Å². The summed E-state index contributed by atoms with van der Waals surface area (Å²) in [6.07, 6.45) is 0. The van der Waals surface area contributed by atoms with Crippen LogP contribution in [-0.2, 0) is 0 Å². The monoisotopic (exact) mass is 722 g/mol. The molecule has 0 fully saturated rings. The van der Waals surface area contributed by atoms with E-state index in [4.69, 9.17) is 4.74 Å². The number of halogens is 2. The van der Waals surface area contributed by atoms with Crippen LogP contribution in [0.1, 0.15) is 22.3 Å². The van der Waals surface area contributed by atoms with Crippen molar-refractivity contribution in [3.63, 3.8) is 0 Å². The van der Waals surface area contributed by atoms with E-state index in [1.807, 2.05) is 53.4 Å². The number of nitrogens with zero attached hydrogens (tertiary/aromatic N) is 4. The molecule has 7 aromatic carbocycles. The quantitative estimate of drug-likeness (QED) is 0.180. The van der Waals surface area contributed by atoms with E-state index in [1.54, 1.807) is 36.0 Å². The minimum absolute atomic E-state index is 0.370. The Kier molecular flexibility index (Phi) is 7.92. The maximum Gasteiger partial charge on any atom is 0.151 e. The highest BCUT2D eigenvalue weighted by atomic mass is 32.2. The largest absolute Gasteiger partial charge is 0.453 e. The molecule has 0 saturated heterocycles. The lowest BCUT2D eigenvalue weighted by Crippen LogP contribution is -2.23. The fourth-order valence-electron chi connectivity index (χ4n) is 7.27. The summed E-state index contributed by atoms with van der Waals surface area (Å²) >= 11 is 1.69. The zero-order valence-electron chi connectivity index (χ0n) is 29.1. The molecule has 2 heterocycles. The summed E-state index contributed by atoms with van der Waals surface area (Å²) in [4.78, 5) is 6.15. The first-order valence-electron chi connectivity index (χ1n) is 17.2. The van der Waals surface area contributed by atoms with Gasteiger partial charge in [-0.05, 0) is 109 Å². The average molecular weight is 723 g/mol. The van der Waals surface area contributed by atoms with E-state index in [0.717, 1.165) is 49.0 Å². The Hall–Kier alpha value is -6.87. The van der Waals surface area contributed by atoms with Crippen LogP contribution in [-0.4, -0.2) is 0 Å². The summed E-state index contributed by atoms with van der Waals surface area (Å²) in [7, 11) is 0. The zero-order chi connectivity index (χ0) is 37.1. The first-order valence-corrected chi connectivity index (χ1v) is 18.1. The normalized spacial score (nSPS) is 12.4. The van der Waals surface area contributed by atoms with E-state index in [9.17, 15) is 10.5 Å². The van der Waals surface area contributed by atoms with E-state index in [-0.39, 0.29) is 0 Å². The minimum Gasteiger partial charge on any atom is -0.453 e. The molecule has 54 heavy (non-hydrogen) atoms. The van der Waals surface area contributed by atoms with Crippen LogP contribution in [0.2, 0.25) is 0 Å². The van der Waals surface area contributed by atoms with Crippen molar-refractivity contribution in [2.45, 2.75) is 23.6 Å². The number of anilines is 6. The van der Waals surface area contributed by atoms with E-state index in [1.165, 1.54) is 24.3 Å². The molecule has 0 aliphatic carbocycles. The summed E-state index contributed by atoms with van der Waals surface area (Å²) in [6, 6.07) is 44.6. The third-order valence-electron chi connectivity index (χ3n) is 9.68. The van der Waals surface area contributed by atoms with Gasteiger partial charge in [-0.2, -0.15) is 10.5 Å². The summed E-state index contributed by atoms with van der Waals surface area (Å²) in [5.74, 6) is -0.219. The highest BCUT2D eigenvalue weighted by Crippen LogP contribution is 2.61. The molecule has 0 radical (unpaired) electrons. The molecule has 0 saturated carbocycles. The molecule has 5 nitrogen and oxygen atoms in total. The van der Waals surface area contributed by atoms with Crippen molar-refractivity contribution in [1.29, 1.82) is 10.5 Å². The van der Waals surface area contributed by atoms with Crippen LogP contribution in [0.25, 0.3) is 22.3 Å². The third kappa shape index (κ3) is 5.52. The fraction of sp³-hybridized carbons (Fsp3) is 0.0435. The van der Waals surface area contributed by atoms with Crippen LogP contribution in [0.5, 0.6) is 11.5 Å². The van der Waals surface area contributed by atoms with Gasteiger partial charge in [0.15, 0.2) is 11.5 Å². The van der Waals surface area contributed by atoms with Gasteiger partial charge in [0.05, 0.1) is 57.4 Å². The number of benzene rings is 7. The smallest absolute Gasteiger partial charge is 0.151 e. The lowest BCUT2D eigenvalue weighted by atomic mass is 9.91. The number of aryl methyl sites for hydroxylation is 2. The second-order valence-electron chi connectivity index (χ2n) is 13.3. The van der Waals surface area contributed by atoms with Crippen LogP contribution >= 0.6 is 11.8 Å². The second-order valence-corrected chi connectivity index (χ2v) is 14.4. The van der Waals surface area contributed by atoms with Crippen molar-refractivity contribution in [2.75, 3.05) is 9.80 Å². The molecule has 0 aromatic heterocycles. The first kappa shape index (κ1) is 33.0. The maximum atomic E-state index is 15.5. The van der Waals surface area contributed by atoms with Gasteiger partial charge in [0.2, 0.25) is 0 Å². The Morgan fingerprint density at radius 2 is 0.981 bits per heavy atom. The number of rotatable bonds is 4. The molecule has 0 N–H and O–H groups in total. The number of fused-ring (bicyclic) bond motifs is 4. The Morgan fingerprint density at radius 1 is 0.519 bits per heavy atom. The summed E-state index contributed by atoms with van der Waals surface area (Å²) in [5.41, 5.74) is 9.98. The van der Waals surface area contributed by atoms with Gasteiger partial charge in [-0.25, -0.2) is 8.78 Å². The molecule has 0 spiro atoms. The topological polar surface area (TPSA) is 63.3 Å². The highest BCUT2D eigenvalue weighted by molar-refractivity contribution is 7.99. The van der Waals surface area contributed by atoms with Crippen LogP contribution in [0.15, 0.2) is 143 Å². The molecule has 2 aliphatic heterocycles. The van der Waals surface area contributed by atoms with Gasteiger partial charge in [0.25, 0.3) is 0 Å².